The van der Waals surface area contributed by atoms with Gasteiger partial charge in [-0.3, -0.25) is 10.1 Å². The molecule has 3 aromatic carbocycles. The van der Waals surface area contributed by atoms with Crippen molar-refractivity contribution in [2.45, 2.75) is 6.61 Å². The second-order valence-electron chi connectivity index (χ2n) is 6.49. The summed E-state index contributed by atoms with van der Waals surface area (Å²) < 4.78 is 5.19. The summed E-state index contributed by atoms with van der Waals surface area (Å²) in [5, 5.41) is 6.47. The van der Waals surface area contributed by atoms with E-state index in [1.165, 1.54) is 0 Å². The van der Waals surface area contributed by atoms with E-state index >= 15 is 0 Å². The number of hydrogen-bond acceptors (Lipinski definition) is 3. The van der Waals surface area contributed by atoms with Crippen LogP contribution in [-0.4, -0.2) is 17.0 Å². The number of nitrogens with one attached hydrogen (secondary N) is 3. The van der Waals surface area contributed by atoms with Gasteiger partial charge in [-0.05, 0) is 42.0 Å². The second kappa shape index (κ2) is 8.31. The zero-order valence-corrected chi connectivity index (χ0v) is 15.5. The van der Waals surface area contributed by atoms with Crippen molar-refractivity contribution in [1.82, 2.24) is 4.98 Å². The van der Waals surface area contributed by atoms with E-state index in [9.17, 15) is 9.59 Å². The molecule has 6 heteroatoms. The molecule has 0 fully saturated rings. The van der Waals surface area contributed by atoms with Crippen LogP contribution in [0.4, 0.5) is 16.2 Å². The van der Waals surface area contributed by atoms with Gasteiger partial charge in [-0.2, -0.15) is 0 Å². The third-order valence-electron chi connectivity index (χ3n) is 4.38. The predicted molar refractivity (Wildman–Crippen MR) is 113 cm³/mol. The Labute approximate surface area is 167 Å². The number of aromatic amines is 1. The van der Waals surface area contributed by atoms with Crippen molar-refractivity contribution in [2.24, 2.45) is 0 Å². The van der Waals surface area contributed by atoms with Gasteiger partial charge in [0.25, 0.3) is 5.91 Å². The first kappa shape index (κ1) is 18.3. The van der Waals surface area contributed by atoms with E-state index in [1.54, 1.807) is 24.3 Å². The molecule has 0 unspecified atom stereocenters. The molecule has 0 radical (unpaired) electrons. The van der Waals surface area contributed by atoms with Crippen LogP contribution in [0.15, 0.2) is 84.9 Å². The first-order valence-corrected chi connectivity index (χ1v) is 9.14. The van der Waals surface area contributed by atoms with Crippen molar-refractivity contribution >= 4 is 34.3 Å². The maximum Gasteiger partial charge on any atom is 0.411 e. The summed E-state index contributed by atoms with van der Waals surface area (Å²) in [6.07, 6.45) is -0.538. The number of hydrogen-bond donors (Lipinski definition) is 3. The van der Waals surface area contributed by atoms with Crippen molar-refractivity contribution < 1.29 is 14.3 Å². The molecule has 4 aromatic rings. The summed E-state index contributed by atoms with van der Waals surface area (Å²) in [7, 11) is 0. The lowest BCUT2D eigenvalue weighted by atomic mass is 10.2. The van der Waals surface area contributed by atoms with Crippen LogP contribution in [0.5, 0.6) is 0 Å². The minimum atomic E-state index is -0.538. The van der Waals surface area contributed by atoms with E-state index in [4.69, 9.17) is 4.74 Å². The van der Waals surface area contributed by atoms with Gasteiger partial charge in [0.1, 0.15) is 12.3 Å². The lowest BCUT2D eigenvalue weighted by molar-refractivity contribution is 0.102. The zero-order valence-electron chi connectivity index (χ0n) is 15.5. The molecule has 0 bridgehead atoms. The number of fused-ring (bicyclic) bond motifs is 1. The van der Waals surface area contributed by atoms with Crippen molar-refractivity contribution in [3.8, 4) is 0 Å². The summed E-state index contributed by atoms with van der Waals surface area (Å²) in [5.74, 6) is -0.232. The van der Waals surface area contributed by atoms with Gasteiger partial charge in [-0.15, -0.1) is 0 Å². The van der Waals surface area contributed by atoms with Crippen LogP contribution in [0, 0.1) is 0 Å². The topological polar surface area (TPSA) is 83.2 Å². The third-order valence-corrected chi connectivity index (χ3v) is 4.38. The highest BCUT2D eigenvalue weighted by molar-refractivity contribution is 6.06. The fourth-order valence-corrected chi connectivity index (χ4v) is 2.91. The molecule has 144 valence electrons. The van der Waals surface area contributed by atoms with Crippen LogP contribution in [0.2, 0.25) is 0 Å². The molecule has 2 amide bonds. The van der Waals surface area contributed by atoms with Crippen LogP contribution in [-0.2, 0) is 11.3 Å². The zero-order chi connectivity index (χ0) is 20.1. The third kappa shape index (κ3) is 4.62. The van der Waals surface area contributed by atoms with Gasteiger partial charge in [0.15, 0.2) is 0 Å². The number of amides is 2. The van der Waals surface area contributed by atoms with Gasteiger partial charge in [-0.1, -0.05) is 48.5 Å². The molecular formula is C23H19N3O3. The van der Waals surface area contributed by atoms with Crippen LogP contribution in [0.25, 0.3) is 10.9 Å². The minimum absolute atomic E-state index is 0.200. The standard InChI is InChI=1S/C23H19N3O3/c27-22(21-14-17-8-4-5-9-20(17)26-21)24-18-10-12-19(13-11-18)25-23(28)29-15-16-6-2-1-3-7-16/h1-14,26H,15H2,(H,24,27)(H,25,28). The Kier molecular flexibility index (Phi) is 5.25. The molecule has 0 spiro atoms. The van der Waals surface area contributed by atoms with Gasteiger partial charge in [0.05, 0.1) is 0 Å². The molecule has 3 N–H and O–H groups in total. The van der Waals surface area contributed by atoms with Crippen LogP contribution in [0.3, 0.4) is 0 Å². The molecule has 0 atom stereocenters. The number of para-hydroxylation sites is 1. The van der Waals surface area contributed by atoms with E-state index in [0.29, 0.717) is 17.1 Å². The Hall–Kier alpha value is -4.06. The van der Waals surface area contributed by atoms with Crippen molar-refractivity contribution in [3.05, 3.63) is 96.2 Å². The highest BCUT2D eigenvalue weighted by Gasteiger charge is 2.10. The Balaban J connectivity index is 1.32. The monoisotopic (exact) mass is 385 g/mol. The molecule has 0 aliphatic carbocycles. The van der Waals surface area contributed by atoms with Gasteiger partial charge >= 0.3 is 6.09 Å². The number of carbonyl (C=O) groups is 2. The lowest BCUT2D eigenvalue weighted by Gasteiger charge is -2.08. The van der Waals surface area contributed by atoms with Gasteiger partial charge < -0.3 is 15.0 Å². The Morgan fingerprint density at radius 3 is 2.17 bits per heavy atom. The highest BCUT2D eigenvalue weighted by Crippen LogP contribution is 2.18. The summed E-state index contributed by atoms with van der Waals surface area (Å²) in [6, 6.07) is 25.8. The van der Waals surface area contributed by atoms with E-state index in [2.05, 4.69) is 15.6 Å². The molecule has 4 rings (SSSR count). The summed E-state index contributed by atoms with van der Waals surface area (Å²) in [5.41, 5.74) is 3.50. The summed E-state index contributed by atoms with van der Waals surface area (Å²) in [4.78, 5) is 27.4. The number of anilines is 2. The molecule has 1 aromatic heterocycles. The fraction of sp³-hybridized carbons (Fsp3) is 0.0435. The first-order chi connectivity index (χ1) is 14.2. The Morgan fingerprint density at radius 2 is 1.45 bits per heavy atom. The number of carbonyl (C=O) groups excluding carboxylic acids is 2. The molecular weight excluding hydrogens is 366 g/mol. The molecule has 29 heavy (non-hydrogen) atoms. The Morgan fingerprint density at radius 1 is 0.793 bits per heavy atom. The second-order valence-corrected chi connectivity index (χ2v) is 6.49. The van der Waals surface area contributed by atoms with Gasteiger partial charge in [-0.25, -0.2) is 4.79 Å². The average molecular weight is 385 g/mol. The number of benzene rings is 3. The van der Waals surface area contributed by atoms with Crippen LogP contribution in [0.1, 0.15) is 16.1 Å². The van der Waals surface area contributed by atoms with Crippen molar-refractivity contribution in [2.75, 3.05) is 10.6 Å². The number of aromatic nitrogens is 1. The van der Waals surface area contributed by atoms with Crippen molar-refractivity contribution in [1.29, 1.82) is 0 Å². The van der Waals surface area contributed by atoms with Crippen LogP contribution < -0.4 is 10.6 Å². The smallest absolute Gasteiger partial charge is 0.411 e. The first-order valence-electron chi connectivity index (χ1n) is 9.14. The van der Waals surface area contributed by atoms with E-state index in [0.717, 1.165) is 16.5 Å². The molecule has 0 aliphatic heterocycles. The lowest BCUT2D eigenvalue weighted by Crippen LogP contribution is -2.14. The molecule has 0 saturated heterocycles. The largest absolute Gasteiger partial charge is 0.444 e. The van der Waals surface area contributed by atoms with Crippen LogP contribution >= 0.6 is 0 Å². The quantitative estimate of drug-likeness (QED) is 0.443. The van der Waals surface area contributed by atoms with Gasteiger partial charge in [0, 0.05) is 22.3 Å². The van der Waals surface area contributed by atoms with E-state index in [1.807, 2.05) is 60.7 Å². The molecule has 0 aliphatic rings. The van der Waals surface area contributed by atoms with Crippen molar-refractivity contribution in [3.63, 3.8) is 0 Å². The molecule has 1 heterocycles. The minimum Gasteiger partial charge on any atom is -0.444 e. The molecule has 6 nitrogen and oxygen atoms in total. The van der Waals surface area contributed by atoms with E-state index < -0.39 is 6.09 Å². The normalized spacial score (nSPS) is 10.5. The molecule has 0 saturated carbocycles. The highest BCUT2D eigenvalue weighted by atomic mass is 16.5. The summed E-state index contributed by atoms with van der Waals surface area (Å²) >= 11 is 0. The number of rotatable bonds is 5. The maximum atomic E-state index is 12.4. The maximum absolute atomic E-state index is 12.4. The van der Waals surface area contributed by atoms with E-state index in [-0.39, 0.29) is 12.5 Å². The van der Waals surface area contributed by atoms with Gasteiger partial charge in [0.2, 0.25) is 0 Å². The average Bonchev–Trinajstić information content (AvgIpc) is 3.19. The number of ether oxygens (including phenoxy) is 1. The Bertz CT molecular complexity index is 1100. The number of H-pyrrole nitrogens is 1. The predicted octanol–water partition coefficient (Wildman–Crippen LogP) is 5.17. The summed E-state index contributed by atoms with van der Waals surface area (Å²) in [6.45, 7) is 0.200. The SMILES string of the molecule is O=C(Nc1ccc(NC(=O)c2cc3ccccc3[nH]2)cc1)OCc1ccccc1. The fourth-order valence-electron chi connectivity index (χ4n) is 2.91.